The van der Waals surface area contributed by atoms with Gasteiger partial charge in [0.25, 0.3) is 0 Å². The lowest BCUT2D eigenvalue weighted by Gasteiger charge is -2.11. The average molecular weight is 380 g/mol. The minimum Gasteiger partial charge on any atom is -0.462 e. The van der Waals surface area contributed by atoms with E-state index in [0.29, 0.717) is 11.3 Å². The standard InChI is InChI=1S/C21H20N2O3S/c1-3-26-21(25)16-9-5-7-11-18(16)22-19(24)13-27-20-14(2)12-15-8-4-6-10-17(15)23-20/h4-12H,3,13H2,1-2H3,(H,22,24). The molecule has 0 spiro atoms. The Hall–Kier alpha value is -2.86. The third-order valence-corrected chi connectivity index (χ3v) is 5.00. The summed E-state index contributed by atoms with van der Waals surface area (Å²) in [5.41, 5.74) is 2.72. The molecule has 5 nitrogen and oxygen atoms in total. The number of hydrogen-bond acceptors (Lipinski definition) is 5. The summed E-state index contributed by atoms with van der Waals surface area (Å²) in [6.45, 7) is 4.01. The van der Waals surface area contributed by atoms with Crippen molar-refractivity contribution in [2.75, 3.05) is 17.7 Å². The summed E-state index contributed by atoms with van der Waals surface area (Å²) in [5, 5.41) is 4.69. The number of carbonyl (C=O) groups is 2. The lowest BCUT2D eigenvalue weighted by atomic mass is 10.2. The number of rotatable bonds is 6. The van der Waals surface area contributed by atoms with Gasteiger partial charge in [-0.15, -0.1) is 0 Å². The second-order valence-electron chi connectivity index (χ2n) is 5.91. The van der Waals surface area contributed by atoms with E-state index in [4.69, 9.17) is 4.74 Å². The maximum atomic E-state index is 12.4. The molecule has 0 saturated heterocycles. The minimum atomic E-state index is -0.451. The van der Waals surface area contributed by atoms with E-state index < -0.39 is 5.97 Å². The molecule has 0 atom stereocenters. The number of nitrogens with one attached hydrogen (secondary N) is 1. The molecule has 0 bridgehead atoms. The number of anilines is 1. The zero-order valence-corrected chi connectivity index (χ0v) is 16.0. The monoisotopic (exact) mass is 380 g/mol. The predicted molar refractivity (Wildman–Crippen MR) is 108 cm³/mol. The molecule has 3 aromatic rings. The highest BCUT2D eigenvalue weighted by Crippen LogP contribution is 2.25. The topological polar surface area (TPSA) is 68.3 Å². The summed E-state index contributed by atoms with van der Waals surface area (Å²) in [4.78, 5) is 29.0. The van der Waals surface area contributed by atoms with Gasteiger partial charge in [0, 0.05) is 5.39 Å². The molecule has 6 heteroatoms. The Morgan fingerprint density at radius 1 is 1.11 bits per heavy atom. The largest absolute Gasteiger partial charge is 0.462 e. The number of hydrogen-bond donors (Lipinski definition) is 1. The van der Waals surface area contributed by atoms with Crippen LogP contribution in [0, 0.1) is 6.92 Å². The van der Waals surface area contributed by atoms with Gasteiger partial charge in [-0.1, -0.05) is 42.1 Å². The Labute approximate surface area is 162 Å². The number of aromatic nitrogens is 1. The third kappa shape index (κ3) is 4.65. The number of fused-ring (bicyclic) bond motifs is 1. The van der Waals surface area contributed by atoms with E-state index in [1.165, 1.54) is 11.8 Å². The Kier molecular flexibility index (Phi) is 6.08. The van der Waals surface area contributed by atoms with Gasteiger partial charge >= 0.3 is 5.97 Å². The Morgan fingerprint density at radius 2 is 1.85 bits per heavy atom. The van der Waals surface area contributed by atoms with Crippen molar-refractivity contribution in [1.29, 1.82) is 0 Å². The van der Waals surface area contributed by atoms with Gasteiger partial charge in [0.2, 0.25) is 5.91 Å². The Balaban J connectivity index is 1.69. The van der Waals surface area contributed by atoms with Crippen molar-refractivity contribution in [3.8, 4) is 0 Å². The quantitative estimate of drug-likeness (QED) is 0.505. The molecule has 27 heavy (non-hydrogen) atoms. The molecule has 0 aliphatic rings. The third-order valence-electron chi connectivity index (χ3n) is 3.90. The number of esters is 1. The van der Waals surface area contributed by atoms with Crippen molar-refractivity contribution < 1.29 is 14.3 Å². The molecule has 138 valence electrons. The van der Waals surface area contributed by atoms with Crippen LogP contribution in [-0.2, 0) is 9.53 Å². The highest BCUT2D eigenvalue weighted by molar-refractivity contribution is 8.00. The molecule has 1 heterocycles. The summed E-state index contributed by atoms with van der Waals surface area (Å²) in [7, 11) is 0. The maximum absolute atomic E-state index is 12.4. The zero-order chi connectivity index (χ0) is 19.2. The van der Waals surface area contributed by atoms with Crippen LogP contribution in [0.5, 0.6) is 0 Å². The maximum Gasteiger partial charge on any atom is 0.340 e. The molecule has 0 fully saturated rings. The van der Waals surface area contributed by atoms with Crippen molar-refractivity contribution in [2.24, 2.45) is 0 Å². The molecule has 3 rings (SSSR count). The van der Waals surface area contributed by atoms with E-state index in [1.807, 2.05) is 31.2 Å². The van der Waals surface area contributed by atoms with Gasteiger partial charge in [-0.2, -0.15) is 0 Å². The molecule has 1 amide bonds. The normalized spacial score (nSPS) is 10.6. The minimum absolute atomic E-state index is 0.198. The number of para-hydroxylation sites is 2. The number of benzene rings is 2. The second-order valence-corrected chi connectivity index (χ2v) is 6.87. The SMILES string of the molecule is CCOC(=O)c1ccccc1NC(=O)CSc1nc2ccccc2cc1C. The van der Waals surface area contributed by atoms with Crippen molar-refractivity contribution in [1.82, 2.24) is 4.98 Å². The van der Waals surface area contributed by atoms with Crippen molar-refractivity contribution >= 4 is 40.2 Å². The lowest BCUT2D eigenvalue weighted by Crippen LogP contribution is -2.17. The first kappa shape index (κ1) is 18.9. The van der Waals surface area contributed by atoms with Gasteiger partial charge in [-0.05, 0) is 43.7 Å². The Morgan fingerprint density at radius 3 is 2.67 bits per heavy atom. The summed E-state index contributed by atoms with van der Waals surface area (Å²) in [5.74, 6) is -0.456. The first-order chi connectivity index (χ1) is 13.1. The number of thioether (sulfide) groups is 1. The van der Waals surface area contributed by atoms with E-state index in [0.717, 1.165) is 21.5 Å². The van der Waals surface area contributed by atoms with Gasteiger partial charge in [0.05, 0.1) is 29.1 Å². The number of ether oxygens (including phenoxy) is 1. The van der Waals surface area contributed by atoms with Crippen LogP contribution >= 0.6 is 11.8 Å². The van der Waals surface area contributed by atoms with E-state index in [2.05, 4.69) is 16.4 Å². The highest BCUT2D eigenvalue weighted by Gasteiger charge is 2.14. The molecule has 0 unspecified atom stereocenters. The summed E-state index contributed by atoms with van der Waals surface area (Å²) in [6, 6.07) is 16.8. The van der Waals surface area contributed by atoms with Gasteiger partial charge < -0.3 is 10.1 Å². The van der Waals surface area contributed by atoms with Crippen molar-refractivity contribution in [3.63, 3.8) is 0 Å². The summed E-state index contributed by atoms with van der Waals surface area (Å²) < 4.78 is 5.03. The summed E-state index contributed by atoms with van der Waals surface area (Å²) >= 11 is 1.37. The number of nitrogens with zero attached hydrogens (tertiary/aromatic N) is 1. The van der Waals surface area contributed by atoms with Crippen LogP contribution in [-0.4, -0.2) is 29.2 Å². The number of carbonyl (C=O) groups excluding carboxylic acids is 2. The molecule has 1 N–H and O–H groups in total. The first-order valence-corrected chi connectivity index (χ1v) is 9.62. The fraction of sp³-hybridized carbons (Fsp3) is 0.190. The van der Waals surface area contributed by atoms with Crippen molar-refractivity contribution in [3.05, 3.63) is 65.7 Å². The Bertz CT molecular complexity index is 988. The molecule has 0 saturated carbocycles. The molecule has 0 radical (unpaired) electrons. The summed E-state index contributed by atoms with van der Waals surface area (Å²) in [6.07, 6.45) is 0. The number of pyridine rings is 1. The molecule has 0 aliphatic carbocycles. The van der Waals surface area contributed by atoms with E-state index in [9.17, 15) is 9.59 Å². The van der Waals surface area contributed by atoms with Gasteiger partial charge in [0.1, 0.15) is 5.03 Å². The zero-order valence-electron chi connectivity index (χ0n) is 15.2. The van der Waals surface area contributed by atoms with Crippen LogP contribution in [0.25, 0.3) is 10.9 Å². The molecule has 0 aliphatic heterocycles. The predicted octanol–water partition coefficient (Wildman–Crippen LogP) is 4.45. The highest BCUT2D eigenvalue weighted by atomic mass is 32.2. The molecule has 1 aromatic heterocycles. The lowest BCUT2D eigenvalue weighted by molar-refractivity contribution is -0.113. The molecular formula is C21H20N2O3S. The fourth-order valence-corrected chi connectivity index (χ4v) is 3.44. The van der Waals surface area contributed by atoms with Crippen LogP contribution in [0.1, 0.15) is 22.8 Å². The van der Waals surface area contributed by atoms with E-state index in [1.54, 1.807) is 31.2 Å². The van der Waals surface area contributed by atoms with Crippen LogP contribution in [0.3, 0.4) is 0 Å². The van der Waals surface area contributed by atoms with Crippen LogP contribution in [0.2, 0.25) is 0 Å². The number of amides is 1. The van der Waals surface area contributed by atoms with Crippen LogP contribution in [0.15, 0.2) is 59.6 Å². The van der Waals surface area contributed by atoms with Crippen molar-refractivity contribution in [2.45, 2.75) is 18.9 Å². The fourth-order valence-electron chi connectivity index (χ4n) is 2.65. The smallest absolute Gasteiger partial charge is 0.340 e. The first-order valence-electron chi connectivity index (χ1n) is 8.63. The van der Waals surface area contributed by atoms with Gasteiger partial charge in [-0.25, -0.2) is 9.78 Å². The number of aryl methyl sites for hydroxylation is 1. The van der Waals surface area contributed by atoms with Gasteiger partial charge in [0.15, 0.2) is 0 Å². The van der Waals surface area contributed by atoms with Crippen LogP contribution < -0.4 is 5.32 Å². The average Bonchev–Trinajstić information content (AvgIpc) is 2.67. The van der Waals surface area contributed by atoms with E-state index >= 15 is 0 Å². The van der Waals surface area contributed by atoms with Crippen LogP contribution in [0.4, 0.5) is 5.69 Å². The second kappa shape index (κ2) is 8.68. The van der Waals surface area contributed by atoms with Gasteiger partial charge in [-0.3, -0.25) is 4.79 Å². The molecular weight excluding hydrogens is 360 g/mol. The molecule has 2 aromatic carbocycles. The van der Waals surface area contributed by atoms with E-state index in [-0.39, 0.29) is 18.3 Å².